The number of aliphatic hydroxyl groups excluding tert-OH is 1. The van der Waals surface area contributed by atoms with E-state index in [1.807, 2.05) is 40.0 Å². The first-order chi connectivity index (χ1) is 20.6. The van der Waals surface area contributed by atoms with Crippen molar-refractivity contribution in [1.29, 1.82) is 0 Å². The number of aromatic nitrogens is 1. The van der Waals surface area contributed by atoms with Gasteiger partial charge in [0.1, 0.15) is 5.58 Å². The molecule has 1 N–H and O–H groups in total. The smallest absolute Gasteiger partial charge is 0.162 e. The number of allylic oxidation sites excluding steroid dienone is 2. The number of fused-ring (bicyclic) bond motifs is 4. The van der Waals surface area contributed by atoms with Gasteiger partial charge in [0.25, 0.3) is 0 Å². The van der Waals surface area contributed by atoms with E-state index in [9.17, 15) is 9.90 Å². The zero-order valence-corrected chi connectivity index (χ0v) is 29.6. The van der Waals surface area contributed by atoms with Gasteiger partial charge in [-0.05, 0) is 71.1 Å². The van der Waals surface area contributed by atoms with E-state index in [0.717, 1.165) is 59.1 Å². The van der Waals surface area contributed by atoms with Crippen LogP contribution in [-0.4, -0.2) is 15.9 Å². The molecular weight excluding hydrogens is 723 g/mol. The number of nitrogens with zero attached hydrogens (tertiary/aromatic N) is 1. The monoisotopic (exact) mass is 767 g/mol. The summed E-state index contributed by atoms with van der Waals surface area (Å²) in [4.78, 5) is 16.7. The van der Waals surface area contributed by atoms with Gasteiger partial charge >= 0.3 is 0 Å². The third-order valence-electron chi connectivity index (χ3n) is 9.49. The van der Waals surface area contributed by atoms with Crippen molar-refractivity contribution >= 4 is 38.5 Å². The number of ketones is 1. The van der Waals surface area contributed by atoms with Gasteiger partial charge in [0, 0.05) is 49.6 Å². The second-order valence-electron chi connectivity index (χ2n) is 12.5. The number of aliphatic hydroxyl groups is 1. The number of furan rings is 1. The summed E-state index contributed by atoms with van der Waals surface area (Å²) in [6, 6.07) is 18.6. The van der Waals surface area contributed by atoms with Crippen molar-refractivity contribution in [1.82, 2.24) is 4.98 Å². The summed E-state index contributed by atoms with van der Waals surface area (Å²) < 4.78 is 6.42. The van der Waals surface area contributed by atoms with Crippen LogP contribution in [-0.2, 0) is 30.3 Å². The first-order valence-corrected chi connectivity index (χ1v) is 15.8. The molecule has 5 heteroatoms. The Morgan fingerprint density at radius 2 is 1.57 bits per heavy atom. The summed E-state index contributed by atoms with van der Waals surface area (Å²) in [5.74, 6) is 0.547. The number of aryl methyl sites for hydroxylation is 2. The summed E-state index contributed by atoms with van der Waals surface area (Å²) >= 11 is 0. The molecule has 0 saturated carbocycles. The molecule has 1 aliphatic carbocycles. The van der Waals surface area contributed by atoms with Crippen LogP contribution in [0.1, 0.15) is 89.5 Å². The van der Waals surface area contributed by atoms with E-state index in [1.165, 1.54) is 38.9 Å². The zero-order valence-electron chi connectivity index (χ0n) is 27.2. The normalized spacial score (nSPS) is 13.6. The number of carbonyl (C=O) groups is 1. The predicted octanol–water partition coefficient (Wildman–Crippen LogP) is 10.7. The largest absolute Gasteiger partial charge is 0.512 e. The van der Waals surface area contributed by atoms with Gasteiger partial charge in [-0.25, -0.2) is 0 Å². The first kappa shape index (κ1) is 33.6. The number of hydrogen-bond acceptors (Lipinski definition) is 4. The van der Waals surface area contributed by atoms with Gasteiger partial charge in [-0.2, -0.15) is 0 Å². The summed E-state index contributed by atoms with van der Waals surface area (Å²) in [5.41, 5.74) is 8.65. The van der Waals surface area contributed by atoms with Crippen molar-refractivity contribution in [2.75, 3.05) is 0 Å². The van der Waals surface area contributed by atoms with Gasteiger partial charge in [0.2, 0.25) is 0 Å². The molecule has 1 aliphatic rings. The minimum absolute atomic E-state index is 0. The molecule has 0 aliphatic heterocycles. The van der Waals surface area contributed by atoms with Gasteiger partial charge in [0.05, 0.1) is 11.3 Å². The fourth-order valence-corrected chi connectivity index (χ4v) is 6.77. The number of rotatable bonds is 7. The maximum atomic E-state index is 11.7. The molecule has 2 aromatic heterocycles. The summed E-state index contributed by atoms with van der Waals surface area (Å²) in [6.45, 7) is 16.9. The average Bonchev–Trinajstić information content (AvgIpc) is 3.37. The van der Waals surface area contributed by atoms with Crippen LogP contribution in [0.5, 0.6) is 0 Å². The van der Waals surface area contributed by atoms with Crippen LogP contribution in [0.4, 0.5) is 0 Å². The molecule has 0 fully saturated rings. The van der Waals surface area contributed by atoms with Crippen molar-refractivity contribution in [3.63, 3.8) is 0 Å². The molecule has 44 heavy (non-hydrogen) atoms. The van der Waals surface area contributed by atoms with E-state index in [2.05, 4.69) is 70.2 Å². The quantitative estimate of drug-likeness (QED) is 0.102. The van der Waals surface area contributed by atoms with E-state index in [0.29, 0.717) is 0 Å². The molecule has 6 rings (SSSR count). The third kappa shape index (κ3) is 5.66. The summed E-state index contributed by atoms with van der Waals surface area (Å²) in [5, 5.41) is 14.6. The molecule has 0 amide bonds. The minimum Gasteiger partial charge on any atom is -0.512 e. The van der Waals surface area contributed by atoms with E-state index in [4.69, 9.17) is 9.40 Å². The number of carbonyl (C=O) groups excluding carboxylic acids is 1. The number of pyridine rings is 1. The Hall–Kier alpha value is -3.27. The van der Waals surface area contributed by atoms with Crippen molar-refractivity contribution in [2.24, 2.45) is 11.8 Å². The summed E-state index contributed by atoms with van der Waals surface area (Å²) in [7, 11) is 0. The summed E-state index contributed by atoms with van der Waals surface area (Å²) in [6.07, 6.45) is 6.89. The maximum absolute atomic E-state index is 11.7. The Bertz CT molecular complexity index is 1850. The van der Waals surface area contributed by atoms with Crippen LogP contribution in [0.15, 0.2) is 64.9 Å². The van der Waals surface area contributed by atoms with E-state index in [1.54, 1.807) is 0 Å². The Kier molecular flexibility index (Phi) is 10.2. The maximum Gasteiger partial charge on any atom is 0.162 e. The fourth-order valence-electron chi connectivity index (χ4n) is 6.77. The number of benzene rings is 3. The van der Waals surface area contributed by atoms with Crippen molar-refractivity contribution < 1.29 is 34.4 Å². The molecule has 0 atom stereocenters. The molecule has 0 unspecified atom stereocenters. The molecular formula is C39H44IrNO3-. The first-order valence-electron chi connectivity index (χ1n) is 15.8. The van der Waals surface area contributed by atoms with Crippen molar-refractivity contribution in [3.8, 4) is 11.3 Å². The van der Waals surface area contributed by atoms with Crippen LogP contribution in [0.25, 0.3) is 44.0 Å². The fraction of sp³-hybridized carbons (Fsp3) is 0.385. The Balaban J connectivity index is 0.000000239. The topological polar surface area (TPSA) is 63.3 Å². The molecule has 3 aromatic carbocycles. The van der Waals surface area contributed by atoms with Crippen molar-refractivity contribution in [3.05, 3.63) is 88.8 Å². The molecule has 0 saturated heterocycles. The molecule has 1 radical (unpaired) electrons. The predicted molar refractivity (Wildman–Crippen MR) is 179 cm³/mol. The van der Waals surface area contributed by atoms with Crippen LogP contribution >= 0.6 is 0 Å². The minimum atomic E-state index is -0.216. The van der Waals surface area contributed by atoms with Crippen molar-refractivity contribution in [2.45, 2.75) is 86.5 Å². The van der Waals surface area contributed by atoms with E-state index < -0.39 is 0 Å². The van der Waals surface area contributed by atoms with Gasteiger partial charge in [-0.3, -0.25) is 4.79 Å². The zero-order chi connectivity index (χ0) is 31.1. The van der Waals surface area contributed by atoms with E-state index >= 15 is 0 Å². The van der Waals surface area contributed by atoms with Crippen LogP contribution < -0.4 is 0 Å². The average molecular weight is 767 g/mol. The number of hydrogen-bond donors (Lipinski definition) is 1. The molecule has 0 bridgehead atoms. The molecule has 0 spiro atoms. The molecule has 2 heterocycles. The molecule has 233 valence electrons. The van der Waals surface area contributed by atoms with Gasteiger partial charge in [0.15, 0.2) is 5.78 Å². The standard InChI is InChI=1S/C26H20NO.C13H24O2.Ir/c1-14-9-11-18-20-21-19(12-10-15(2)25(21)28-24(14)20)26(3,4)22-17-8-6-5-7-16(17)13-27-23(18)22;1-5-10(6-2)12(14)9-13(15)11(7-3)8-4;/h5-10,12-13H,1-4H3;9-11,14H,5-8H2,1-4H3;/q-1;;/b;12-9-;. The Morgan fingerprint density at radius 1 is 0.932 bits per heavy atom. The van der Waals surface area contributed by atoms with Crippen LogP contribution in [0, 0.1) is 31.7 Å². The Labute approximate surface area is 275 Å². The van der Waals surface area contributed by atoms with Gasteiger partial charge < -0.3 is 14.5 Å². The second-order valence-corrected chi connectivity index (χ2v) is 12.5. The van der Waals surface area contributed by atoms with Gasteiger partial charge in [-0.15, -0.1) is 17.7 Å². The molecule has 4 nitrogen and oxygen atoms in total. The van der Waals surface area contributed by atoms with Crippen LogP contribution in [0.3, 0.4) is 0 Å². The second kappa shape index (κ2) is 13.4. The van der Waals surface area contributed by atoms with E-state index in [-0.39, 0.29) is 48.9 Å². The third-order valence-corrected chi connectivity index (χ3v) is 9.49. The van der Waals surface area contributed by atoms with Gasteiger partial charge in [-0.1, -0.05) is 95.8 Å². The molecule has 5 aromatic rings. The SMILES string of the molecule is CCC(CC)C(=O)/C=C(\O)C(CC)CC.Cc1c[c-]c2c3c1oc1c(C)ccc(c13)C(C)(C)c1c-2ncc2ccccc12.[Ir]. The van der Waals surface area contributed by atoms with Crippen LogP contribution in [0.2, 0.25) is 0 Å². The Morgan fingerprint density at radius 3 is 2.23 bits per heavy atom.